The van der Waals surface area contributed by atoms with E-state index in [0.717, 1.165) is 18.5 Å². The molecular weight excluding hydrogens is 268 g/mol. The predicted molar refractivity (Wildman–Crippen MR) is 78.3 cm³/mol. The second-order valence-electron chi connectivity index (χ2n) is 5.10. The zero-order chi connectivity index (χ0) is 14.8. The number of nitrogens with one attached hydrogen (secondary N) is 3. The molecule has 6 heteroatoms. The molecule has 3 N–H and O–H groups in total. The van der Waals surface area contributed by atoms with Crippen molar-refractivity contribution < 1.29 is 9.59 Å². The fourth-order valence-corrected chi connectivity index (χ4v) is 2.13. The average Bonchev–Trinajstić information content (AvgIpc) is 3.23. The Kier molecular flexibility index (Phi) is 3.43. The molecule has 1 aromatic heterocycles. The zero-order valence-electron chi connectivity index (χ0n) is 11.6. The largest absolute Gasteiger partial charge is 0.355 e. The molecule has 0 bridgehead atoms. The average molecular weight is 284 g/mol. The van der Waals surface area contributed by atoms with Crippen molar-refractivity contribution in [3.63, 3.8) is 0 Å². The number of amides is 2. The van der Waals surface area contributed by atoms with Crippen LogP contribution >= 0.6 is 0 Å². The van der Waals surface area contributed by atoms with Crippen LogP contribution in [0.2, 0.25) is 0 Å². The first-order valence-electron chi connectivity index (χ1n) is 6.86. The molecule has 21 heavy (non-hydrogen) atoms. The van der Waals surface area contributed by atoms with Crippen LogP contribution in [0.4, 0.5) is 5.69 Å². The predicted octanol–water partition coefficient (Wildman–Crippen LogP) is 1.90. The number of hydrogen-bond donors (Lipinski definition) is 3. The summed E-state index contributed by atoms with van der Waals surface area (Å²) < 4.78 is 0. The lowest BCUT2D eigenvalue weighted by Crippen LogP contribution is -2.18. The van der Waals surface area contributed by atoms with Crippen molar-refractivity contribution in [2.24, 2.45) is 0 Å². The van der Waals surface area contributed by atoms with Crippen LogP contribution in [0.1, 0.15) is 45.3 Å². The fourth-order valence-electron chi connectivity index (χ4n) is 2.13. The number of H-pyrrole nitrogens is 1. The van der Waals surface area contributed by atoms with Crippen molar-refractivity contribution in [3.05, 3.63) is 47.3 Å². The number of hydrogen-bond acceptors (Lipinski definition) is 3. The molecule has 1 fully saturated rings. The van der Waals surface area contributed by atoms with Gasteiger partial charge in [0.15, 0.2) is 5.69 Å². The van der Waals surface area contributed by atoms with Gasteiger partial charge in [-0.25, -0.2) is 0 Å². The molecule has 1 saturated carbocycles. The minimum absolute atomic E-state index is 0.193. The SMILES string of the molecule is CNC(=O)c1cccc(NC(=O)c2cc(C3CC3)[nH]n2)c1. The molecule has 0 atom stereocenters. The fraction of sp³-hybridized carbons (Fsp3) is 0.267. The summed E-state index contributed by atoms with van der Waals surface area (Å²) in [6, 6.07) is 8.56. The van der Waals surface area contributed by atoms with Crippen molar-refractivity contribution in [1.82, 2.24) is 15.5 Å². The Labute approximate surface area is 121 Å². The van der Waals surface area contributed by atoms with E-state index in [1.807, 2.05) is 0 Å². The lowest BCUT2D eigenvalue weighted by Gasteiger charge is -2.05. The van der Waals surface area contributed by atoms with Gasteiger partial charge in [-0.1, -0.05) is 6.07 Å². The number of aromatic amines is 1. The van der Waals surface area contributed by atoms with E-state index < -0.39 is 0 Å². The van der Waals surface area contributed by atoms with E-state index >= 15 is 0 Å². The smallest absolute Gasteiger partial charge is 0.276 e. The molecule has 0 spiro atoms. The summed E-state index contributed by atoms with van der Waals surface area (Å²) in [6.45, 7) is 0. The van der Waals surface area contributed by atoms with Crippen LogP contribution in [0.25, 0.3) is 0 Å². The maximum absolute atomic E-state index is 12.1. The van der Waals surface area contributed by atoms with Gasteiger partial charge in [-0.3, -0.25) is 14.7 Å². The third kappa shape index (κ3) is 2.94. The number of carbonyl (C=O) groups excluding carboxylic acids is 2. The Morgan fingerprint density at radius 3 is 2.76 bits per heavy atom. The minimum atomic E-state index is -0.285. The van der Waals surface area contributed by atoms with E-state index in [1.54, 1.807) is 37.4 Å². The zero-order valence-corrected chi connectivity index (χ0v) is 11.6. The monoisotopic (exact) mass is 284 g/mol. The highest BCUT2D eigenvalue weighted by Crippen LogP contribution is 2.39. The van der Waals surface area contributed by atoms with Gasteiger partial charge in [0.1, 0.15) is 0 Å². The first kappa shape index (κ1) is 13.4. The van der Waals surface area contributed by atoms with Gasteiger partial charge in [0.05, 0.1) is 0 Å². The molecule has 2 aromatic rings. The molecule has 3 rings (SSSR count). The third-order valence-electron chi connectivity index (χ3n) is 3.46. The van der Waals surface area contributed by atoms with Gasteiger partial charge in [-0.2, -0.15) is 5.10 Å². The van der Waals surface area contributed by atoms with Crippen LogP contribution in [-0.2, 0) is 0 Å². The van der Waals surface area contributed by atoms with Crippen molar-refractivity contribution in [3.8, 4) is 0 Å². The van der Waals surface area contributed by atoms with Gasteiger partial charge in [0.2, 0.25) is 0 Å². The summed E-state index contributed by atoms with van der Waals surface area (Å²) in [5.41, 5.74) is 2.44. The first-order valence-corrected chi connectivity index (χ1v) is 6.86. The van der Waals surface area contributed by atoms with E-state index in [1.165, 1.54) is 0 Å². The van der Waals surface area contributed by atoms with Crippen molar-refractivity contribution in [1.29, 1.82) is 0 Å². The van der Waals surface area contributed by atoms with Gasteiger partial charge < -0.3 is 10.6 Å². The Morgan fingerprint density at radius 2 is 2.05 bits per heavy atom. The summed E-state index contributed by atoms with van der Waals surface area (Å²) in [5.74, 6) is 0.0460. The molecule has 0 saturated heterocycles. The lowest BCUT2D eigenvalue weighted by atomic mass is 10.2. The molecule has 1 aliphatic rings. The quantitative estimate of drug-likeness (QED) is 0.801. The van der Waals surface area contributed by atoms with Crippen molar-refractivity contribution in [2.75, 3.05) is 12.4 Å². The molecule has 108 valence electrons. The van der Waals surface area contributed by atoms with Gasteiger partial charge in [0, 0.05) is 29.9 Å². The highest BCUT2D eigenvalue weighted by atomic mass is 16.2. The molecule has 0 aliphatic heterocycles. The van der Waals surface area contributed by atoms with Crippen LogP contribution in [0.15, 0.2) is 30.3 Å². The van der Waals surface area contributed by atoms with E-state index in [0.29, 0.717) is 22.9 Å². The van der Waals surface area contributed by atoms with Gasteiger partial charge >= 0.3 is 0 Å². The second kappa shape index (κ2) is 5.40. The summed E-state index contributed by atoms with van der Waals surface area (Å²) in [5, 5.41) is 12.2. The Balaban J connectivity index is 1.72. The highest BCUT2D eigenvalue weighted by Gasteiger charge is 2.26. The summed E-state index contributed by atoms with van der Waals surface area (Å²) in [6.07, 6.45) is 2.30. The lowest BCUT2D eigenvalue weighted by molar-refractivity contribution is 0.0961. The number of nitrogens with zero attached hydrogens (tertiary/aromatic N) is 1. The maximum Gasteiger partial charge on any atom is 0.276 e. The molecule has 0 radical (unpaired) electrons. The molecule has 1 aromatic carbocycles. The van der Waals surface area contributed by atoms with Crippen LogP contribution < -0.4 is 10.6 Å². The number of benzene rings is 1. The molecular formula is C15H16N4O2. The normalized spacial score (nSPS) is 13.8. The number of carbonyl (C=O) groups is 2. The van der Waals surface area contributed by atoms with Crippen LogP contribution in [-0.4, -0.2) is 29.1 Å². The molecule has 2 amide bonds. The van der Waals surface area contributed by atoms with Crippen LogP contribution in [0.3, 0.4) is 0 Å². The summed E-state index contributed by atoms with van der Waals surface area (Å²) in [7, 11) is 1.57. The Morgan fingerprint density at radius 1 is 1.24 bits per heavy atom. The second-order valence-corrected chi connectivity index (χ2v) is 5.10. The third-order valence-corrected chi connectivity index (χ3v) is 3.46. The minimum Gasteiger partial charge on any atom is -0.355 e. The number of rotatable bonds is 4. The van der Waals surface area contributed by atoms with E-state index in [-0.39, 0.29) is 11.8 Å². The maximum atomic E-state index is 12.1. The molecule has 1 heterocycles. The van der Waals surface area contributed by atoms with Crippen LogP contribution in [0, 0.1) is 0 Å². The Bertz CT molecular complexity index is 688. The van der Waals surface area contributed by atoms with Crippen LogP contribution in [0.5, 0.6) is 0 Å². The topological polar surface area (TPSA) is 86.9 Å². The van der Waals surface area contributed by atoms with Crippen molar-refractivity contribution >= 4 is 17.5 Å². The number of aromatic nitrogens is 2. The van der Waals surface area contributed by atoms with Gasteiger partial charge in [0.25, 0.3) is 11.8 Å². The Hall–Kier alpha value is -2.63. The molecule has 1 aliphatic carbocycles. The van der Waals surface area contributed by atoms with E-state index in [4.69, 9.17) is 0 Å². The first-order chi connectivity index (χ1) is 10.2. The van der Waals surface area contributed by atoms with Gasteiger partial charge in [-0.15, -0.1) is 0 Å². The van der Waals surface area contributed by atoms with Gasteiger partial charge in [-0.05, 0) is 37.1 Å². The summed E-state index contributed by atoms with van der Waals surface area (Å²) in [4.78, 5) is 23.7. The summed E-state index contributed by atoms with van der Waals surface area (Å²) >= 11 is 0. The number of anilines is 1. The standard InChI is InChI=1S/C15H16N4O2/c1-16-14(20)10-3-2-4-11(7-10)17-15(21)13-8-12(18-19-13)9-5-6-9/h2-4,7-9H,5-6H2,1H3,(H,16,20)(H,17,21)(H,18,19). The molecule has 6 nitrogen and oxygen atoms in total. The molecule has 0 unspecified atom stereocenters. The van der Waals surface area contributed by atoms with E-state index in [9.17, 15) is 9.59 Å². The van der Waals surface area contributed by atoms with E-state index in [2.05, 4.69) is 20.8 Å². The van der Waals surface area contributed by atoms with Crippen molar-refractivity contribution in [2.45, 2.75) is 18.8 Å². The highest BCUT2D eigenvalue weighted by molar-refractivity contribution is 6.04.